The van der Waals surface area contributed by atoms with Crippen molar-refractivity contribution in [3.8, 4) is 17.4 Å². The number of benzene rings is 2. The van der Waals surface area contributed by atoms with E-state index in [1.54, 1.807) is 6.07 Å². The Morgan fingerprint density at radius 3 is 2.74 bits per heavy atom. The van der Waals surface area contributed by atoms with E-state index >= 15 is 0 Å². The minimum Gasteiger partial charge on any atom is -0.458 e. The third-order valence-corrected chi connectivity index (χ3v) is 8.23. The van der Waals surface area contributed by atoms with Gasteiger partial charge in [0.1, 0.15) is 23.9 Å². The van der Waals surface area contributed by atoms with Crippen molar-refractivity contribution in [3.63, 3.8) is 0 Å². The number of imidazole rings is 1. The Bertz CT molecular complexity index is 1810. The molecule has 3 aromatic heterocycles. The number of hydrogen-bond donors (Lipinski definition) is 1. The number of aromatic nitrogens is 8. The summed E-state index contributed by atoms with van der Waals surface area (Å²) in [5.74, 6) is 0.835. The summed E-state index contributed by atoms with van der Waals surface area (Å²) in [6, 6.07) is 10.3. The first kappa shape index (κ1) is 27.5. The molecule has 2 aliphatic rings. The molecule has 1 fully saturated rings. The lowest BCUT2D eigenvalue weighted by molar-refractivity contribution is -0.0590. The maximum absolute atomic E-state index is 14.8. The second-order valence-corrected chi connectivity index (χ2v) is 11.2. The fourth-order valence-electron chi connectivity index (χ4n) is 5.57. The van der Waals surface area contributed by atoms with Crippen molar-refractivity contribution in [1.82, 2.24) is 40.1 Å². The van der Waals surface area contributed by atoms with Crippen LogP contribution in [0.5, 0.6) is 6.01 Å². The highest BCUT2D eigenvalue weighted by Crippen LogP contribution is 2.34. The second kappa shape index (κ2) is 11.8. The van der Waals surface area contributed by atoms with Crippen LogP contribution in [0.15, 0.2) is 48.7 Å². The Morgan fingerprint density at radius 1 is 1.09 bits per heavy atom. The van der Waals surface area contributed by atoms with Crippen LogP contribution in [0.4, 0.5) is 8.78 Å². The Kier molecular flexibility index (Phi) is 7.54. The Balaban J connectivity index is 1.07. The van der Waals surface area contributed by atoms with E-state index in [1.165, 1.54) is 12.1 Å². The number of nitrogens with zero attached hydrogens (tertiary/aromatic N) is 7. The number of rotatable bonds is 9. The maximum atomic E-state index is 14.8. The molecule has 1 aliphatic heterocycles. The van der Waals surface area contributed by atoms with Gasteiger partial charge < -0.3 is 14.0 Å². The Morgan fingerprint density at radius 2 is 2.00 bits per heavy atom. The van der Waals surface area contributed by atoms with Crippen LogP contribution >= 0.6 is 11.6 Å². The van der Waals surface area contributed by atoms with E-state index in [1.807, 2.05) is 24.3 Å². The lowest BCUT2D eigenvalue weighted by Crippen LogP contribution is -2.32. The number of nitrogens with one attached hydrogen (secondary N) is 1. The molecule has 0 saturated carbocycles. The van der Waals surface area contributed by atoms with Gasteiger partial charge in [0.05, 0.1) is 29.9 Å². The molecule has 0 bridgehead atoms. The number of allylic oxidation sites excluding steroid dienone is 2. The predicted octanol–water partition coefficient (Wildman–Crippen LogP) is 5.73. The highest BCUT2D eigenvalue weighted by atomic mass is 35.5. The average Bonchev–Trinajstić information content (AvgIpc) is 3.64. The van der Waals surface area contributed by atoms with E-state index in [9.17, 15) is 8.78 Å². The molecule has 0 radical (unpaired) electrons. The molecule has 1 N–H and O–H groups in total. The van der Waals surface area contributed by atoms with Gasteiger partial charge in [-0.05, 0) is 72.7 Å². The van der Waals surface area contributed by atoms with Gasteiger partial charge in [-0.2, -0.15) is 10.2 Å². The Labute approximate surface area is 250 Å². The fraction of sp³-hybridized carbons (Fsp3) is 0.333. The first-order valence-corrected chi connectivity index (χ1v) is 14.5. The largest absolute Gasteiger partial charge is 0.458 e. The van der Waals surface area contributed by atoms with Crippen LogP contribution in [0.1, 0.15) is 42.8 Å². The maximum Gasteiger partial charge on any atom is 0.317 e. The van der Waals surface area contributed by atoms with Gasteiger partial charge in [-0.3, -0.25) is 0 Å². The summed E-state index contributed by atoms with van der Waals surface area (Å²) in [4.78, 5) is 13.3. The molecule has 10 nitrogen and oxygen atoms in total. The molecule has 13 heteroatoms. The lowest BCUT2D eigenvalue weighted by Gasteiger charge is -2.28. The zero-order valence-corrected chi connectivity index (χ0v) is 23.8. The predicted molar refractivity (Wildman–Crippen MR) is 154 cm³/mol. The monoisotopic (exact) mass is 604 g/mol. The van der Waals surface area contributed by atoms with Crippen molar-refractivity contribution in [1.29, 1.82) is 0 Å². The van der Waals surface area contributed by atoms with Crippen molar-refractivity contribution in [2.24, 2.45) is 5.92 Å². The summed E-state index contributed by atoms with van der Waals surface area (Å²) in [5, 5.41) is 14.6. The number of halogens is 3. The molecule has 1 aliphatic carbocycles. The quantitative estimate of drug-likeness (QED) is 0.227. The number of aromatic amines is 1. The van der Waals surface area contributed by atoms with Crippen LogP contribution in [0.3, 0.4) is 0 Å². The van der Waals surface area contributed by atoms with Gasteiger partial charge >= 0.3 is 6.01 Å². The van der Waals surface area contributed by atoms with Gasteiger partial charge in [-0.25, -0.2) is 18.7 Å². The molecule has 5 aromatic rings. The standard InChI is InChI=1S/C30H27ClF2N8O2/c31-21-7-5-20(23(32)13-21)16-43-30-34-14-24(33)28(36-30)18-3-1-17(2-4-18)11-27-35-25-12-19(29-37-39-40-38-29)6-8-26(25)41(27)15-22-9-10-42-22/h3,5-8,12-14,17,22H,1-2,4,9-11,15-16H2,(H,37,38,39,40). The molecule has 2 atom stereocenters. The number of fused-ring (bicyclic) bond motifs is 1. The molecule has 2 unspecified atom stereocenters. The first-order chi connectivity index (χ1) is 21.0. The summed E-state index contributed by atoms with van der Waals surface area (Å²) in [7, 11) is 0. The molecule has 43 heavy (non-hydrogen) atoms. The third kappa shape index (κ3) is 5.84. The van der Waals surface area contributed by atoms with Gasteiger partial charge in [-0.15, -0.1) is 10.2 Å². The van der Waals surface area contributed by atoms with Crippen molar-refractivity contribution in [3.05, 3.63) is 82.4 Å². The second-order valence-electron chi connectivity index (χ2n) is 10.8. The first-order valence-electron chi connectivity index (χ1n) is 14.1. The molecular formula is C30H27ClF2N8O2. The summed E-state index contributed by atoms with van der Waals surface area (Å²) >= 11 is 5.82. The van der Waals surface area contributed by atoms with Gasteiger partial charge in [-0.1, -0.05) is 23.7 Å². The van der Waals surface area contributed by atoms with E-state index in [-0.39, 0.29) is 24.4 Å². The molecular weight excluding hydrogens is 578 g/mol. The molecule has 1 saturated heterocycles. The SMILES string of the molecule is Fc1cc(Cl)ccc1COc1ncc(F)c(C2=CCC(Cc3nc4cc(-c5nn[nH]n5)ccc4n3CC3CCO3)CC2)n1. The topological polar surface area (TPSA) is 117 Å². The summed E-state index contributed by atoms with van der Waals surface area (Å²) in [5.41, 5.74) is 4.08. The van der Waals surface area contributed by atoms with Gasteiger partial charge in [0.2, 0.25) is 5.82 Å². The Hall–Kier alpha value is -4.29. The molecule has 4 heterocycles. The molecule has 0 spiro atoms. The molecule has 0 amide bonds. The van der Waals surface area contributed by atoms with E-state index in [2.05, 4.69) is 35.2 Å². The zero-order valence-electron chi connectivity index (χ0n) is 23.0. The molecule has 220 valence electrons. The van der Waals surface area contributed by atoms with Crippen LogP contribution in [-0.2, 0) is 24.3 Å². The van der Waals surface area contributed by atoms with E-state index < -0.39 is 11.6 Å². The van der Waals surface area contributed by atoms with E-state index in [4.69, 9.17) is 26.1 Å². The minimum atomic E-state index is -0.519. The van der Waals surface area contributed by atoms with Crippen LogP contribution in [0, 0.1) is 17.6 Å². The molecule has 7 rings (SSSR count). The van der Waals surface area contributed by atoms with Crippen LogP contribution < -0.4 is 4.74 Å². The van der Waals surface area contributed by atoms with Gasteiger partial charge in [0.15, 0.2) is 5.82 Å². The van der Waals surface area contributed by atoms with Crippen molar-refractivity contribution in [2.45, 2.75) is 51.4 Å². The van der Waals surface area contributed by atoms with Crippen molar-refractivity contribution < 1.29 is 18.3 Å². The summed E-state index contributed by atoms with van der Waals surface area (Å²) in [6.45, 7) is 1.43. The normalized spacial score (nSPS) is 18.4. The van der Waals surface area contributed by atoms with Crippen molar-refractivity contribution >= 4 is 28.2 Å². The van der Waals surface area contributed by atoms with Crippen LogP contribution in [-0.4, -0.2) is 52.9 Å². The lowest BCUT2D eigenvalue weighted by atomic mass is 9.86. The van der Waals surface area contributed by atoms with Crippen molar-refractivity contribution in [2.75, 3.05) is 6.61 Å². The number of H-pyrrole nitrogens is 1. The fourth-order valence-corrected chi connectivity index (χ4v) is 5.73. The smallest absolute Gasteiger partial charge is 0.317 e. The van der Waals surface area contributed by atoms with Gasteiger partial charge in [0.25, 0.3) is 0 Å². The summed E-state index contributed by atoms with van der Waals surface area (Å²) in [6.07, 6.45) is 7.36. The number of hydrogen-bond acceptors (Lipinski definition) is 8. The minimum absolute atomic E-state index is 0.0131. The summed E-state index contributed by atoms with van der Waals surface area (Å²) < 4.78 is 42.5. The average molecular weight is 605 g/mol. The van der Waals surface area contributed by atoms with Gasteiger partial charge in [0, 0.05) is 29.2 Å². The van der Waals surface area contributed by atoms with E-state index in [0.29, 0.717) is 28.7 Å². The zero-order chi connectivity index (χ0) is 29.3. The van der Waals surface area contributed by atoms with Crippen LogP contribution in [0.2, 0.25) is 5.02 Å². The highest BCUT2D eigenvalue weighted by Gasteiger charge is 2.25. The molecule has 2 aromatic carbocycles. The number of tetrazole rings is 1. The van der Waals surface area contributed by atoms with Crippen LogP contribution in [0.25, 0.3) is 28.0 Å². The third-order valence-electron chi connectivity index (χ3n) is 8.00. The van der Waals surface area contributed by atoms with E-state index in [0.717, 1.165) is 73.0 Å². The highest BCUT2D eigenvalue weighted by molar-refractivity contribution is 6.30. The number of ether oxygens (including phenoxy) is 2.